The third kappa shape index (κ3) is 4.41. The molecule has 0 fully saturated rings. The van der Waals surface area contributed by atoms with Gasteiger partial charge in [-0.05, 0) is 29.8 Å². The number of aromatic amines is 1. The molecule has 0 atom stereocenters. The van der Waals surface area contributed by atoms with E-state index < -0.39 is 11.9 Å². The monoisotopic (exact) mass is 386 g/mol. The highest BCUT2D eigenvalue weighted by molar-refractivity contribution is 6.09. The van der Waals surface area contributed by atoms with Crippen molar-refractivity contribution in [1.82, 2.24) is 15.5 Å². The van der Waals surface area contributed by atoms with Crippen LogP contribution in [0.4, 0.5) is 10.6 Å². The fourth-order valence-corrected chi connectivity index (χ4v) is 2.83. The Balaban J connectivity index is 1.41. The molecule has 7 heteroatoms. The number of urea groups is 1. The maximum absolute atomic E-state index is 12.1. The maximum atomic E-state index is 12.1. The first-order valence-corrected chi connectivity index (χ1v) is 9.01. The smallest absolute Gasteiger partial charge is 0.327 e. The molecular weight excluding hydrogens is 368 g/mol. The number of nitrogens with one attached hydrogen (secondary N) is 3. The van der Waals surface area contributed by atoms with E-state index in [-0.39, 0.29) is 0 Å². The average molecular weight is 386 g/mol. The van der Waals surface area contributed by atoms with Gasteiger partial charge in [0.15, 0.2) is 5.82 Å². The number of benzene rings is 3. The second kappa shape index (κ2) is 8.26. The number of rotatable bonds is 5. The summed E-state index contributed by atoms with van der Waals surface area (Å²) < 4.78 is 5.80. The van der Waals surface area contributed by atoms with Crippen molar-refractivity contribution >= 4 is 28.7 Å². The van der Waals surface area contributed by atoms with Crippen molar-refractivity contribution in [2.45, 2.75) is 6.61 Å². The molecule has 7 nitrogen and oxygen atoms in total. The molecule has 0 radical (unpaired) electrons. The highest BCUT2D eigenvalue weighted by Gasteiger charge is 2.13. The Bertz CT molecular complexity index is 1140. The van der Waals surface area contributed by atoms with Gasteiger partial charge in [0.2, 0.25) is 0 Å². The number of amides is 3. The van der Waals surface area contributed by atoms with E-state index in [0.717, 1.165) is 5.56 Å². The summed E-state index contributed by atoms with van der Waals surface area (Å²) in [5.74, 6) is 0.521. The second-order valence-electron chi connectivity index (χ2n) is 6.33. The van der Waals surface area contributed by atoms with Gasteiger partial charge >= 0.3 is 6.03 Å². The minimum atomic E-state index is -0.656. The number of imide groups is 1. The number of carbonyl (C=O) groups is 2. The van der Waals surface area contributed by atoms with Gasteiger partial charge in [0.25, 0.3) is 5.91 Å². The van der Waals surface area contributed by atoms with Gasteiger partial charge in [0.05, 0.1) is 5.52 Å². The molecule has 1 aromatic heterocycles. The van der Waals surface area contributed by atoms with Crippen LogP contribution in [-0.4, -0.2) is 22.1 Å². The van der Waals surface area contributed by atoms with E-state index in [4.69, 9.17) is 4.74 Å². The Morgan fingerprint density at radius 3 is 2.41 bits per heavy atom. The zero-order valence-corrected chi connectivity index (χ0v) is 15.4. The Morgan fingerprint density at radius 1 is 0.931 bits per heavy atom. The molecule has 0 saturated heterocycles. The van der Waals surface area contributed by atoms with Crippen LogP contribution in [0.3, 0.4) is 0 Å². The van der Waals surface area contributed by atoms with Gasteiger partial charge in [-0.3, -0.25) is 20.5 Å². The molecule has 0 aliphatic rings. The molecule has 0 saturated carbocycles. The van der Waals surface area contributed by atoms with Crippen LogP contribution >= 0.6 is 0 Å². The summed E-state index contributed by atoms with van der Waals surface area (Å²) in [6.07, 6.45) is 0. The van der Waals surface area contributed by atoms with Crippen LogP contribution in [0.5, 0.6) is 5.75 Å². The summed E-state index contributed by atoms with van der Waals surface area (Å²) in [7, 11) is 0. The second-order valence-corrected chi connectivity index (χ2v) is 6.33. The number of carbonyl (C=O) groups excluding carboxylic acids is 2. The Labute approximate surface area is 166 Å². The molecule has 3 amide bonds. The maximum Gasteiger partial charge on any atom is 0.327 e. The van der Waals surface area contributed by atoms with Gasteiger partial charge in [-0.1, -0.05) is 48.5 Å². The molecule has 1 heterocycles. The molecule has 3 aromatic carbocycles. The van der Waals surface area contributed by atoms with Crippen LogP contribution < -0.4 is 15.4 Å². The molecule has 4 aromatic rings. The van der Waals surface area contributed by atoms with Crippen molar-refractivity contribution in [3.8, 4) is 5.75 Å². The van der Waals surface area contributed by atoms with Crippen molar-refractivity contribution in [3.63, 3.8) is 0 Å². The largest absolute Gasteiger partial charge is 0.489 e. The molecule has 29 heavy (non-hydrogen) atoms. The fourth-order valence-electron chi connectivity index (χ4n) is 2.83. The third-order valence-corrected chi connectivity index (χ3v) is 4.28. The molecule has 0 bridgehead atoms. The minimum absolute atomic E-state index is 0.327. The summed E-state index contributed by atoms with van der Waals surface area (Å²) in [4.78, 5) is 24.2. The molecule has 0 spiro atoms. The zero-order valence-electron chi connectivity index (χ0n) is 15.4. The van der Waals surface area contributed by atoms with Gasteiger partial charge in [0.1, 0.15) is 12.4 Å². The van der Waals surface area contributed by atoms with Crippen molar-refractivity contribution < 1.29 is 14.3 Å². The third-order valence-electron chi connectivity index (χ3n) is 4.28. The lowest BCUT2D eigenvalue weighted by atomic mass is 10.2. The number of H-pyrrole nitrogens is 1. The number of hydrogen-bond donors (Lipinski definition) is 3. The number of anilines is 1. The topological polar surface area (TPSA) is 96.1 Å². The molecule has 4 rings (SSSR count). The predicted molar refractivity (Wildman–Crippen MR) is 110 cm³/mol. The lowest BCUT2D eigenvalue weighted by Crippen LogP contribution is -2.34. The van der Waals surface area contributed by atoms with Crippen molar-refractivity contribution in [1.29, 1.82) is 0 Å². The van der Waals surface area contributed by atoms with Crippen LogP contribution in [0.1, 0.15) is 15.9 Å². The van der Waals surface area contributed by atoms with E-state index >= 15 is 0 Å². The van der Waals surface area contributed by atoms with Crippen LogP contribution in [0.2, 0.25) is 0 Å². The lowest BCUT2D eigenvalue weighted by Gasteiger charge is -2.07. The molecule has 0 aliphatic heterocycles. The first-order chi connectivity index (χ1) is 14.2. The van der Waals surface area contributed by atoms with Gasteiger partial charge in [0, 0.05) is 17.0 Å². The molecule has 144 valence electrons. The zero-order chi connectivity index (χ0) is 20.1. The summed E-state index contributed by atoms with van der Waals surface area (Å²) in [6, 6.07) is 23.1. The molecular formula is C22H18N4O3. The average Bonchev–Trinajstić information content (AvgIpc) is 3.15. The molecule has 0 unspecified atom stereocenters. The van der Waals surface area contributed by atoms with Crippen LogP contribution in [0.25, 0.3) is 10.9 Å². The van der Waals surface area contributed by atoms with Crippen LogP contribution in [0, 0.1) is 0 Å². The first kappa shape index (κ1) is 18.2. The summed E-state index contributed by atoms with van der Waals surface area (Å²) in [6.45, 7) is 0.454. The van der Waals surface area contributed by atoms with E-state index in [1.807, 2.05) is 36.4 Å². The quantitative estimate of drug-likeness (QED) is 0.481. The fraction of sp³-hybridized carbons (Fsp3) is 0.0455. The van der Waals surface area contributed by atoms with Crippen LogP contribution in [-0.2, 0) is 6.61 Å². The van der Waals surface area contributed by atoms with E-state index in [1.165, 1.54) is 0 Å². The first-order valence-electron chi connectivity index (χ1n) is 9.01. The molecule has 3 N–H and O–H groups in total. The normalized spacial score (nSPS) is 10.5. The highest BCUT2D eigenvalue weighted by atomic mass is 16.5. The van der Waals surface area contributed by atoms with Gasteiger partial charge < -0.3 is 4.74 Å². The summed E-state index contributed by atoms with van der Waals surface area (Å²) in [5, 5.41) is 12.5. The Morgan fingerprint density at radius 2 is 1.66 bits per heavy atom. The predicted octanol–water partition coefficient (Wildman–Crippen LogP) is 4.10. The van der Waals surface area contributed by atoms with Crippen molar-refractivity contribution in [3.05, 3.63) is 90.0 Å². The van der Waals surface area contributed by atoms with Crippen molar-refractivity contribution in [2.24, 2.45) is 0 Å². The number of aromatic nitrogens is 2. The van der Waals surface area contributed by atoms with Gasteiger partial charge in [-0.25, -0.2) is 4.79 Å². The summed E-state index contributed by atoms with van der Waals surface area (Å²) >= 11 is 0. The van der Waals surface area contributed by atoms with Crippen LogP contribution in [0.15, 0.2) is 78.9 Å². The molecule has 0 aliphatic carbocycles. The van der Waals surface area contributed by atoms with E-state index in [9.17, 15) is 9.59 Å². The van der Waals surface area contributed by atoms with Gasteiger partial charge in [-0.15, -0.1) is 0 Å². The SMILES string of the molecule is O=C(NC(=O)c1ccccc1)Nc1n[nH]c2cc(OCc3ccccc3)ccc12. The number of fused-ring (bicyclic) bond motifs is 1. The van der Waals surface area contributed by atoms with Crippen molar-refractivity contribution in [2.75, 3.05) is 5.32 Å². The standard InChI is InChI=1S/C22H18N4O3/c27-21(16-9-5-2-6-10-16)24-22(28)23-20-18-12-11-17(13-19(18)25-26-20)29-14-15-7-3-1-4-8-15/h1-13H,14H2,(H3,23,24,25,26,27,28). The number of ether oxygens (including phenoxy) is 1. The van der Waals surface area contributed by atoms with E-state index in [1.54, 1.807) is 42.5 Å². The number of nitrogens with zero attached hydrogens (tertiary/aromatic N) is 1. The van der Waals surface area contributed by atoms with Gasteiger partial charge in [-0.2, -0.15) is 5.10 Å². The Kier molecular flexibility index (Phi) is 5.20. The Hall–Kier alpha value is -4.13. The number of hydrogen-bond acceptors (Lipinski definition) is 4. The summed E-state index contributed by atoms with van der Waals surface area (Å²) in [5.41, 5.74) is 2.18. The minimum Gasteiger partial charge on any atom is -0.489 e. The lowest BCUT2D eigenvalue weighted by molar-refractivity contribution is 0.0967. The highest BCUT2D eigenvalue weighted by Crippen LogP contribution is 2.25. The van der Waals surface area contributed by atoms with E-state index in [2.05, 4.69) is 20.8 Å². The van der Waals surface area contributed by atoms with E-state index in [0.29, 0.717) is 34.6 Å².